The summed E-state index contributed by atoms with van der Waals surface area (Å²) in [5.74, 6) is 0. The topological polar surface area (TPSA) is 32.3 Å². The predicted molar refractivity (Wildman–Crippen MR) is 79.3 cm³/mol. The van der Waals surface area contributed by atoms with Gasteiger partial charge in [0.05, 0.1) is 6.10 Å². The van der Waals surface area contributed by atoms with Gasteiger partial charge in [-0.05, 0) is 29.7 Å². The highest BCUT2D eigenvalue weighted by atomic mass is 35.5. The van der Waals surface area contributed by atoms with Gasteiger partial charge >= 0.3 is 0 Å². The summed E-state index contributed by atoms with van der Waals surface area (Å²) < 4.78 is 0. The van der Waals surface area contributed by atoms with Gasteiger partial charge in [0.1, 0.15) is 0 Å². The highest BCUT2D eigenvalue weighted by Crippen LogP contribution is 2.17. The van der Waals surface area contributed by atoms with Crippen molar-refractivity contribution in [3.63, 3.8) is 0 Å². The SMILES string of the molecule is Cc1ccc(CNCC(O)c2ccccc2)cc1Cl. The summed E-state index contributed by atoms with van der Waals surface area (Å²) in [6.07, 6.45) is -0.484. The largest absolute Gasteiger partial charge is 0.387 e. The van der Waals surface area contributed by atoms with Crippen molar-refractivity contribution in [1.82, 2.24) is 5.32 Å². The van der Waals surface area contributed by atoms with Crippen molar-refractivity contribution in [1.29, 1.82) is 0 Å². The van der Waals surface area contributed by atoms with Crippen molar-refractivity contribution >= 4 is 11.6 Å². The first-order valence-electron chi connectivity index (χ1n) is 6.35. The average Bonchev–Trinajstić information content (AvgIpc) is 2.43. The Labute approximate surface area is 119 Å². The van der Waals surface area contributed by atoms with Crippen LogP contribution >= 0.6 is 11.6 Å². The zero-order chi connectivity index (χ0) is 13.7. The van der Waals surface area contributed by atoms with Crippen molar-refractivity contribution in [3.05, 3.63) is 70.2 Å². The fourth-order valence-electron chi connectivity index (χ4n) is 1.89. The van der Waals surface area contributed by atoms with Gasteiger partial charge in [0.2, 0.25) is 0 Å². The van der Waals surface area contributed by atoms with Gasteiger partial charge in [-0.3, -0.25) is 0 Å². The molecule has 2 nitrogen and oxygen atoms in total. The third-order valence-corrected chi connectivity index (χ3v) is 3.49. The number of aliphatic hydroxyl groups is 1. The van der Waals surface area contributed by atoms with Gasteiger partial charge in [0.25, 0.3) is 0 Å². The minimum absolute atomic E-state index is 0.484. The Bertz CT molecular complexity index is 528. The van der Waals surface area contributed by atoms with Crippen molar-refractivity contribution in [2.45, 2.75) is 19.6 Å². The molecule has 0 heterocycles. The number of rotatable bonds is 5. The fourth-order valence-corrected chi connectivity index (χ4v) is 2.10. The summed E-state index contributed by atoms with van der Waals surface area (Å²) in [6.45, 7) is 3.21. The smallest absolute Gasteiger partial charge is 0.0914 e. The van der Waals surface area contributed by atoms with Crippen LogP contribution in [0.4, 0.5) is 0 Å². The highest BCUT2D eigenvalue weighted by molar-refractivity contribution is 6.31. The minimum Gasteiger partial charge on any atom is -0.387 e. The molecule has 1 unspecified atom stereocenters. The lowest BCUT2D eigenvalue weighted by Gasteiger charge is -2.12. The molecule has 0 bridgehead atoms. The summed E-state index contributed by atoms with van der Waals surface area (Å²) in [6, 6.07) is 15.7. The van der Waals surface area contributed by atoms with E-state index in [1.54, 1.807) is 0 Å². The number of benzene rings is 2. The fraction of sp³-hybridized carbons (Fsp3) is 0.250. The van der Waals surface area contributed by atoms with Crippen LogP contribution < -0.4 is 5.32 Å². The van der Waals surface area contributed by atoms with E-state index in [1.165, 1.54) is 0 Å². The Morgan fingerprint density at radius 1 is 1.16 bits per heavy atom. The molecule has 100 valence electrons. The Morgan fingerprint density at radius 3 is 2.58 bits per heavy atom. The lowest BCUT2D eigenvalue weighted by Crippen LogP contribution is -2.21. The molecule has 0 fully saturated rings. The maximum atomic E-state index is 10.0. The Balaban J connectivity index is 1.85. The average molecular weight is 276 g/mol. The standard InChI is InChI=1S/C16H18ClNO/c1-12-7-8-13(9-15(12)17)10-18-11-16(19)14-5-3-2-4-6-14/h2-9,16,18-19H,10-11H2,1H3. The third-order valence-electron chi connectivity index (χ3n) is 3.09. The Kier molecular flexibility index (Phi) is 4.97. The molecule has 1 atom stereocenters. The summed E-state index contributed by atoms with van der Waals surface area (Å²) in [5.41, 5.74) is 3.13. The summed E-state index contributed by atoms with van der Waals surface area (Å²) in [7, 11) is 0. The number of aryl methyl sites for hydroxylation is 1. The number of halogens is 1. The van der Waals surface area contributed by atoms with Gasteiger partial charge in [-0.2, -0.15) is 0 Å². The van der Waals surface area contributed by atoms with Crippen LogP contribution in [-0.2, 0) is 6.54 Å². The van der Waals surface area contributed by atoms with Crippen molar-refractivity contribution in [2.24, 2.45) is 0 Å². The number of hydrogen-bond donors (Lipinski definition) is 2. The van der Waals surface area contributed by atoms with Crippen LogP contribution in [0.1, 0.15) is 22.8 Å². The lowest BCUT2D eigenvalue weighted by atomic mass is 10.1. The van der Waals surface area contributed by atoms with E-state index in [1.807, 2.05) is 55.5 Å². The second kappa shape index (κ2) is 6.71. The molecule has 2 aromatic rings. The third kappa shape index (κ3) is 4.06. The molecule has 0 aromatic heterocycles. The van der Waals surface area contributed by atoms with E-state index in [4.69, 9.17) is 11.6 Å². The van der Waals surface area contributed by atoms with Crippen LogP contribution in [0.15, 0.2) is 48.5 Å². The zero-order valence-electron chi connectivity index (χ0n) is 10.9. The second-order valence-corrected chi connectivity index (χ2v) is 5.05. The van der Waals surface area contributed by atoms with Crippen LogP contribution in [0, 0.1) is 6.92 Å². The van der Waals surface area contributed by atoms with Gasteiger partial charge in [0.15, 0.2) is 0 Å². The first kappa shape index (κ1) is 14.1. The Hall–Kier alpha value is -1.35. The van der Waals surface area contributed by atoms with Gasteiger partial charge in [0, 0.05) is 18.1 Å². The van der Waals surface area contributed by atoms with E-state index in [9.17, 15) is 5.11 Å². The molecule has 0 saturated heterocycles. The van der Waals surface area contributed by atoms with Crippen LogP contribution in [0.2, 0.25) is 5.02 Å². The lowest BCUT2D eigenvalue weighted by molar-refractivity contribution is 0.174. The molecule has 0 spiro atoms. The molecule has 2 N–H and O–H groups in total. The van der Waals surface area contributed by atoms with E-state index >= 15 is 0 Å². The van der Waals surface area contributed by atoms with Crippen LogP contribution in [0.3, 0.4) is 0 Å². The van der Waals surface area contributed by atoms with E-state index in [-0.39, 0.29) is 0 Å². The monoisotopic (exact) mass is 275 g/mol. The van der Waals surface area contributed by atoms with E-state index < -0.39 is 6.10 Å². The minimum atomic E-state index is -0.484. The molecule has 0 aliphatic rings. The maximum Gasteiger partial charge on any atom is 0.0914 e. The molecule has 3 heteroatoms. The molecule has 0 radical (unpaired) electrons. The first-order chi connectivity index (χ1) is 9.16. The summed E-state index contributed by atoms with van der Waals surface area (Å²) >= 11 is 6.07. The summed E-state index contributed by atoms with van der Waals surface area (Å²) in [4.78, 5) is 0. The number of aliphatic hydroxyl groups excluding tert-OH is 1. The molecule has 0 aliphatic heterocycles. The van der Waals surface area contributed by atoms with Gasteiger partial charge in [-0.15, -0.1) is 0 Å². The normalized spacial score (nSPS) is 12.4. The van der Waals surface area contributed by atoms with E-state index in [2.05, 4.69) is 5.32 Å². The molecular formula is C16H18ClNO. The van der Waals surface area contributed by atoms with Gasteiger partial charge < -0.3 is 10.4 Å². The molecule has 0 amide bonds. The van der Waals surface area contributed by atoms with Gasteiger partial charge in [-0.25, -0.2) is 0 Å². The summed E-state index contributed by atoms with van der Waals surface area (Å²) in [5, 5.41) is 14.0. The molecule has 2 aromatic carbocycles. The first-order valence-corrected chi connectivity index (χ1v) is 6.73. The number of nitrogens with one attached hydrogen (secondary N) is 1. The van der Waals surface area contributed by atoms with Crippen LogP contribution in [-0.4, -0.2) is 11.7 Å². The zero-order valence-corrected chi connectivity index (χ0v) is 11.7. The molecule has 0 saturated carbocycles. The second-order valence-electron chi connectivity index (χ2n) is 4.64. The number of hydrogen-bond acceptors (Lipinski definition) is 2. The van der Waals surface area contributed by atoms with Gasteiger partial charge in [-0.1, -0.05) is 54.1 Å². The molecule has 0 aliphatic carbocycles. The van der Waals surface area contributed by atoms with E-state index in [0.717, 1.165) is 21.7 Å². The maximum absolute atomic E-state index is 10.0. The van der Waals surface area contributed by atoms with Crippen LogP contribution in [0.25, 0.3) is 0 Å². The molecule has 2 rings (SSSR count). The van der Waals surface area contributed by atoms with Crippen molar-refractivity contribution in [3.8, 4) is 0 Å². The molecular weight excluding hydrogens is 258 g/mol. The molecule has 19 heavy (non-hydrogen) atoms. The van der Waals surface area contributed by atoms with E-state index in [0.29, 0.717) is 13.1 Å². The van der Waals surface area contributed by atoms with Crippen molar-refractivity contribution < 1.29 is 5.11 Å². The highest BCUT2D eigenvalue weighted by Gasteiger charge is 2.06. The Morgan fingerprint density at radius 2 is 1.89 bits per heavy atom. The predicted octanol–water partition coefficient (Wildman–Crippen LogP) is 3.47. The quantitative estimate of drug-likeness (QED) is 0.876. The van der Waals surface area contributed by atoms with Crippen molar-refractivity contribution in [2.75, 3.05) is 6.54 Å². The van der Waals surface area contributed by atoms with Crippen LogP contribution in [0.5, 0.6) is 0 Å².